The predicted octanol–water partition coefficient (Wildman–Crippen LogP) is 5.44. The second kappa shape index (κ2) is 7.45. The molecule has 1 aromatic carbocycles. The molecule has 1 saturated carbocycles. The summed E-state index contributed by atoms with van der Waals surface area (Å²) in [4.78, 5) is 16.8. The van der Waals surface area contributed by atoms with E-state index in [4.69, 9.17) is 12.2 Å². The Morgan fingerprint density at radius 1 is 1.03 bits per heavy atom. The second-order valence-corrected chi connectivity index (χ2v) is 8.78. The van der Waals surface area contributed by atoms with Crippen LogP contribution in [0.3, 0.4) is 0 Å². The van der Waals surface area contributed by atoms with Crippen LogP contribution in [-0.4, -0.2) is 27.5 Å². The lowest BCUT2D eigenvalue weighted by atomic mass is 10.1. The van der Waals surface area contributed by atoms with E-state index in [1.165, 1.54) is 42.6 Å². The molecule has 0 bridgehead atoms. The monoisotopic (exact) mass is 407 g/mol. The van der Waals surface area contributed by atoms with Crippen molar-refractivity contribution < 1.29 is 4.79 Å². The van der Waals surface area contributed by atoms with Crippen molar-refractivity contribution in [2.75, 3.05) is 11.9 Å². The smallest absolute Gasteiger partial charge is 0.281 e. The van der Waals surface area contributed by atoms with E-state index in [0.717, 1.165) is 16.8 Å². The number of anilines is 1. The highest BCUT2D eigenvalue weighted by Gasteiger charge is 2.37. The molecule has 152 valence electrons. The summed E-state index contributed by atoms with van der Waals surface area (Å²) < 4.78 is 2.46. The van der Waals surface area contributed by atoms with E-state index in [2.05, 4.69) is 38.3 Å². The standard InChI is InChI=1S/C24H29N3OS/c1-15-10-11-21(12-16(15)2)27-23(28)22(25(5)24(27)29)14-19-13-17(3)26(18(19)4)20-8-6-7-9-20/h10-14,20H,6-9H2,1-5H3/b22-14-. The average Bonchev–Trinajstić information content (AvgIpc) is 3.34. The zero-order chi connectivity index (χ0) is 20.9. The normalized spacial score (nSPS) is 19.3. The minimum Gasteiger partial charge on any atom is -0.346 e. The van der Waals surface area contributed by atoms with Gasteiger partial charge in [-0.15, -0.1) is 0 Å². The number of benzene rings is 1. The van der Waals surface area contributed by atoms with Crippen LogP contribution in [0.25, 0.3) is 6.08 Å². The first-order valence-electron chi connectivity index (χ1n) is 10.4. The van der Waals surface area contributed by atoms with Gasteiger partial charge in [0.1, 0.15) is 5.70 Å². The zero-order valence-electron chi connectivity index (χ0n) is 18.0. The van der Waals surface area contributed by atoms with Gasteiger partial charge in [-0.05, 0) is 93.7 Å². The van der Waals surface area contributed by atoms with Gasteiger partial charge in [-0.2, -0.15) is 0 Å². The van der Waals surface area contributed by atoms with Gasteiger partial charge in [-0.25, -0.2) is 0 Å². The Balaban J connectivity index is 1.71. The van der Waals surface area contributed by atoms with Gasteiger partial charge in [-0.1, -0.05) is 18.9 Å². The number of carbonyl (C=O) groups excluding carboxylic acids is 1. The number of nitrogens with zero attached hydrogens (tertiary/aromatic N) is 3. The summed E-state index contributed by atoms with van der Waals surface area (Å²) in [7, 11) is 1.88. The largest absolute Gasteiger partial charge is 0.346 e. The van der Waals surface area contributed by atoms with Crippen LogP contribution in [-0.2, 0) is 4.79 Å². The molecule has 1 aromatic heterocycles. The Bertz CT molecular complexity index is 1030. The van der Waals surface area contributed by atoms with E-state index < -0.39 is 0 Å². The lowest BCUT2D eigenvalue weighted by Gasteiger charge is -2.17. The molecular formula is C24H29N3OS. The number of rotatable bonds is 3. The topological polar surface area (TPSA) is 28.5 Å². The second-order valence-electron chi connectivity index (χ2n) is 8.42. The summed E-state index contributed by atoms with van der Waals surface area (Å²) in [6.45, 7) is 8.46. The Labute approximate surface area is 178 Å². The third-order valence-corrected chi connectivity index (χ3v) is 6.97. The number of aryl methyl sites for hydroxylation is 3. The quantitative estimate of drug-likeness (QED) is 0.501. The van der Waals surface area contributed by atoms with Gasteiger partial charge in [0.25, 0.3) is 5.91 Å². The molecule has 0 unspecified atom stereocenters. The Morgan fingerprint density at radius 2 is 1.72 bits per heavy atom. The molecule has 1 amide bonds. The van der Waals surface area contributed by atoms with Crippen LogP contribution < -0.4 is 4.90 Å². The van der Waals surface area contributed by atoms with Crippen LogP contribution in [0, 0.1) is 27.7 Å². The molecule has 5 heteroatoms. The summed E-state index contributed by atoms with van der Waals surface area (Å²) in [6, 6.07) is 8.82. The number of carbonyl (C=O) groups is 1. The summed E-state index contributed by atoms with van der Waals surface area (Å²) in [5.41, 5.74) is 7.42. The van der Waals surface area contributed by atoms with Crippen LogP contribution in [0.2, 0.25) is 0 Å². The number of likely N-dealkylation sites (N-methyl/N-ethyl adjacent to an activating group) is 1. The maximum atomic E-state index is 13.3. The van der Waals surface area contributed by atoms with Crippen LogP contribution >= 0.6 is 12.2 Å². The van der Waals surface area contributed by atoms with Crippen molar-refractivity contribution in [1.82, 2.24) is 9.47 Å². The summed E-state index contributed by atoms with van der Waals surface area (Å²) >= 11 is 5.63. The zero-order valence-corrected chi connectivity index (χ0v) is 18.8. The Kier molecular flexibility index (Phi) is 5.11. The van der Waals surface area contributed by atoms with Crippen LogP contribution in [0.5, 0.6) is 0 Å². The molecule has 1 saturated heterocycles. The van der Waals surface area contributed by atoms with Gasteiger partial charge in [0.05, 0.1) is 5.69 Å². The van der Waals surface area contributed by atoms with Crippen LogP contribution in [0.4, 0.5) is 5.69 Å². The van der Waals surface area contributed by atoms with Gasteiger partial charge >= 0.3 is 0 Å². The SMILES string of the molecule is Cc1ccc(N2C(=O)/C(=C/c3cc(C)n(C4CCCC4)c3C)N(C)C2=S)cc1C. The maximum Gasteiger partial charge on any atom is 0.281 e. The molecule has 4 nitrogen and oxygen atoms in total. The highest BCUT2D eigenvalue weighted by Crippen LogP contribution is 2.35. The summed E-state index contributed by atoms with van der Waals surface area (Å²) in [5.74, 6) is -0.0635. The number of hydrogen-bond donors (Lipinski definition) is 0. The molecular weight excluding hydrogens is 378 g/mol. The van der Waals surface area contributed by atoms with Crippen molar-refractivity contribution in [2.24, 2.45) is 0 Å². The number of hydrogen-bond acceptors (Lipinski definition) is 2. The van der Waals surface area contributed by atoms with Gasteiger partial charge in [0.15, 0.2) is 5.11 Å². The first-order valence-corrected chi connectivity index (χ1v) is 10.8. The van der Waals surface area contributed by atoms with E-state index in [1.807, 2.05) is 36.2 Å². The first-order chi connectivity index (χ1) is 13.8. The summed E-state index contributed by atoms with van der Waals surface area (Å²) in [5, 5.41) is 0.522. The molecule has 2 heterocycles. The van der Waals surface area contributed by atoms with E-state index in [9.17, 15) is 4.79 Å². The maximum absolute atomic E-state index is 13.3. The van der Waals surface area contributed by atoms with Crippen molar-refractivity contribution in [3.63, 3.8) is 0 Å². The molecule has 29 heavy (non-hydrogen) atoms. The van der Waals surface area contributed by atoms with Crippen molar-refractivity contribution in [2.45, 2.75) is 59.4 Å². The fourth-order valence-corrected chi connectivity index (χ4v) is 4.96. The molecule has 0 N–H and O–H groups in total. The molecule has 0 atom stereocenters. The highest BCUT2D eigenvalue weighted by molar-refractivity contribution is 7.80. The van der Waals surface area contributed by atoms with E-state index >= 15 is 0 Å². The molecule has 4 rings (SSSR count). The van der Waals surface area contributed by atoms with Crippen LogP contribution in [0.15, 0.2) is 30.0 Å². The predicted molar refractivity (Wildman–Crippen MR) is 123 cm³/mol. The fraction of sp³-hybridized carbons (Fsp3) is 0.417. The molecule has 1 aliphatic carbocycles. The molecule has 0 spiro atoms. The van der Waals surface area contributed by atoms with Gasteiger partial charge in [0.2, 0.25) is 0 Å². The third-order valence-electron chi connectivity index (χ3n) is 6.52. The molecule has 2 fully saturated rings. The van der Waals surface area contributed by atoms with Crippen molar-refractivity contribution in [1.29, 1.82) is 0 Å². The van der Waals surface area contributed by atoms with Crippen molar-refractivity contribution >= 4 is 35.0 Å². The molecule has 2 aliphatic rings. The minimum atomic E-state index is -0.0635. The highest BCUT2D eigenvalue weighted by atomic mass is 32.1. The fourth-order valence-electron chi connectivity index (χ4n) is 4.67. The molecule has 2 aromatic rings. The van der Waals surface area contributed by atoms with E-state index in [0.29, 0.717) is 16.9 Å². The van der Waals surface area contributed by atoms with Gasteiger partial charge < -0.3 is 9.47 Å². The number of thiocarbonyl (C=S) groups is 1. The molecule has 0 radical (unpaired) electrons. The van der Waals surface area contributed by atoms with Crippen molar-refractivity contribution in [3.05, 3.63) is 58.0 Å². The Morgan fingerprint density at radius 3 is 2.38 bits per heavy atom. The third kappa shape index (κ3) is 3.31. The van der Waals surface area contributed by atoms with E-state index in [-0.39, 0.29) is 5.91 Å². The van der Waals surface area contributed by atoms with Crippen LogP contribution in [0.1, 0.15) is 59.8 Å². The number of amides is 1. The van der Waals surface area contributed by atoms with Crippen molar-refractivity contribution in [3.8, 4) is 0 Å². The first kappa shape index (κ1) is 19.9. The summed E-state index contributed by atoms with van der Waals surface area (Å²) in [6.07, 6.45) is 7.10. The van der Waals surface area contributed by atoms with Gasteiger partial charge in [0, 0.05) is 24.5 Å². The lowest BCUT2D eigenvalue weighted by Crippen LogP contribution is -2.31. The minimum absolute atomic E-state index is 0.0635. The van der Waals surface area contributed by atoms with E-state index in [1.54, 1.807) is 4.90 Å². The Hall–Kier alpha value is -2.40. The molecule has 1 aliphatic heterocycles. The van der Waals surface area contributed by atoms with Gasteiger partial charge in [-0.3, -0.25) is 9.69 Å². The average molecular weight is 408 g/mol. The number of aromatic nitrogens is 1. The lowest BCUT2D eigenvalue weighted by molar-refractivity contribution is -0.114.